The van der Waals surface area contributed by atoms with E-state index in [-0.39, 0.29) is 79.6 Å². The Labute approximate surface area is 838 Å². The number of sulfonamides is 3. The summed E-state index contributed by atoms with van der Waals surface area (Å²) in [5.74, 6) is -6.57. The van der Waals surface area contributed by atoms with E-state index in [0.717, 1.165) is 60.2 Å². The molecule has 11 heterocycles. The van der Waals surface area contributed by atoms with Gasteiger partial charge in [-0.2, -0.15) is 12.7 Å². The molecule has 3 aliphatic rings. The maximum Gasteiger partial charge on any atom is 0.301 e. The molecule has 2 aliphatic carbocycles. The number of halogens is 7. The third-order valence-electron chi connectivity index (χ3n) is 21.5. The number of Topliss-reactive ketones (excluding diaryl/α,β-unsaturated/α-hetero) is 2. The molecule has 3 amide bonds. The van der Waals surface area contributed by atoms with Crippen LogP contribution in [-0.4, -0.2) is 162 Å². The maximum absolute atomic E-state index is 14.2. The first-order chi connectivity index (χ1) is 66.4. The summed E-state index contributed by atoms with van der Waals surface area (Å²) in [4.78, 5) is 97.5. The number of pyridine rings is 10. The zero-order chi connectivity index (χ0) is 104. The lowest BCUT2D eigenvalue weighted by atomic mass is 10.0. The summed E-state index contributed by atoms with van der Waals surface area (Å²) in [5.41, 5.74) is 9.39. The number of rotatable bonds is 27. The van der Waals surface area contributed by atoms with Crippen LogP contribution in [0.2, 0.25) is 10.2 Å². The first-order valence-corrected chi connectivity index (χ1v) is 52.6. The molecule has 7 N–H and O–H groups in total. The smallest absolute Gasteiger partial charge is 0.301 e. The van der Waals surface area contributed by atoms with Gasteiger partial charge in [-0.3, -0.25) is 58.3 Å². The van der Waals surface area contributed by atoms with Crippen molar-refractivity contribution in [1.29, 1.82) is 0 Å². The standard InChI is InChI=1S/C22H17ClF3N3O3S.C20H16BrClFN3O3S.C19H23N5O3S.C19H25N3O4S.C16H20N4O3S/c1-12-15(11-33(31,32)19-3-2-16(23)8-18(19)24)6-14(10-28-12)13-4-5-27-20(7-13)29-21(30)17-9-22(17,25)26;1-11(27)7-15-8-13(5-6-24-15)16-10-25-20(22)19(12(16)2)26-30(28,29)18-4-3-14(21)9-17(18)23;1-12-18(23-28(26,27)24-11-14-3-4-17(24)7-14)8-16(10-21-12)15-5-6-20-19(9-15)22-13(2)25;1-12(23)9-15-10-14(7-8-20-15)16-11-21-18(26-6)17(13(16)2)27(24,25)22-19(3,4)5;1-11(21)19-15-8-12(5-6-18-15)13-7-14(10-17-9-13)24(22,23)20-16(2,3)4/h2-8,10,17H,9,11H2,1H3,(H,27,29,30);3-6,8-10,26H,7H2,1-2H3;5-6,8-10,14,17,23H,3-4,7,11H2,1-2H3,(H,20,22,25);7-8,10-11,22H,9H2,1-6H3;5-10,20H,1-4H3,(H,18,19,21). The number of methoxy groups -OCH3 is 1. The van der Waals surface area contributed by atoms with Crippen LogP contribution in [-0.2, 0) is 92.7 Å². The van der Waals surface area contributed by atoms with E-state index >= 15 is 0 Å². The fraction of sp³-hybridized carbons (Fsp3) is 0.302. The van der Waals surface area contributed by atoms with E-state index in [1.807, 2.05) is 0 Å². The molecule has 2 aromatic carbocycles. The molecule has 46 heteroatoms. The van der Waals surface area contributed by atoms with Crippen LogP contribution in [0, 0.1) is 51.2 Å². The summed E-state index contributed by atoms with van der Waals surface area (Å²) in [6.45, 7) is 23.7. The molecule has 12 aromatic rings. The van der Waals surface area contributed by atoms with Crippen molar-refractivity contribution >= 4 is 147 Å². The van der Waals surface area contributed by atoms with Gasteiger partial charge in [-0.1, -0.05) is 39.1 Å². The second-order valence-electron chi connectivity index (χ2n) is 35.6. The van der Waals surface area contributed by atoms with E-state index in [9.17, 15) is 83.6 Å². The fourth-order valence-electron chi connectivity index (χ4n) is 15.0. The van der Waals surface area contributed by atoms with E-state index in [1.54, 1.807) is 177 Å². The summed E-state index contributed by atoms with van der Waals surface area (Å²) in [6, 6.07) is 28.9. The van der Waals surface area contributed by atoms with Crippen molar-refractivity contribution in [3.05, 3.63) is 249 Å². The Morgan fingerprint density at radius 2 is 1.01 bits per heavy atom. The van der Waals surface area contributed by atoms with E-state index in [0.29, 0.717) is 113 Å². The molecule has 0 spiro atoms. The lowest BCUT2D eigenvalue weighted by Crippen LogP contribution is -2.41. The number of sulfone groups is 1. The molecule has 0 radical (unpaired) electrons. The topological polar surface area (TPSA) is 482 Å². The number of aryl methyl sites for hydroxylation is 2. The molecule has 1 aliphatic heterocycles. The number of aromatic nitrogens is 10. The van der Waals surface area contributed by atoms with Gasteiger partial charge in [0.25, 0.3) is 15.9 Å². The van der Waals surface area contributed by atoms with Gasteiger partial charge in [-0.05, 0) is 268 Å². The second kappa shape index (κ2) is 45.4. The third-order valence-corrected chi connectivity index (χ3v) is 30.7. The molecule has 34 nitrogen and oxygen atoms in total. The first kappa shape index (κ1) is 110. The minimum Gasteiger partial charge on any atom is -0.480 e. The highest BCUT2D eigenvalue weighted by molar-refractivity contribution is 9.10. The van der Waals surface area contributed by atoms with Gasteiger partial charge in [0.1, 0.15) is 66.2 Å². The maximum atomic E-state index is 14.2. The van der Waals surface area contributed by atoms with Gasteiger partial charge in [0.15, 0.2) is 15.0 Å². The van der Waals surface area contributed by atoms with Crippen molar-refractivity contribution in [2.45, 2.75) is 184 Å². The van der Waals surface area contributed by atoms with E-state index in [2.05, 4.69) is 101 Å². The van der Waals surface area contributed by atoms with Crippen LogP contribution in [0.25, 0.3) is 55.6 Å². The lowest BCUT2D eigenvalue weighted by Gasteiger charge is -2.26. The van der Waals surface area contributed by atoms with Crippen molar-refractivity contribution in [2.75, 3.05) is 39.0 Å². The molecule has 3 fully saturated rings. The van der Waals surface area contributed by atoms with Crippen molar-refractivity contribution in [2.24, 2.45) is 11.8 Å². The summed E-state index contributed by atoms with van der Waals surface area (Å²) in [6.07, 6.45) is 19.7. The second-order valence-corrected chi connectivity index (χ2v) is 45.8. The number of nitrogens with one attached hydrogen (secondary N) is 7. The van der Waals surface area contributed by atoms with E-state index in [1.165, 1.54) is 90.1 Å². The highest BCUT2D eigenvalue weighted by Crippen LogP contribution is 2.49. The molecule has 2 saturated carbocycles. The number of fused-ring (bicyclic) bond motifs is 2. The molecule has 3 unspecified atom stereocenters. The molecule has 15 rings (SSSR count). The average molecular weight is 2150 g/mol. The van der Waals surface area contributed by atoms with E-state index < -0.39 is 113 Å². The Morgan fingerprint density at radius 3 is 1.51 bits per heavy atom. The number of hydrogen-bond acceptors (Lipinski definition) is 26. The lowest BCUT2D eigenvalue weighted by molar-refractivity contribution is -0.119. The van der Waals surface area contributed by atoms with Crippen LogP contribution < -0.4 is 39.6 Å². The number of hydrogen-bond donors (Lipinski definition) is 7. The SMILES string of the molecule is CC(=O)Cc1cc(-c2cnc(Cl)c(NS(=O)(=O)c3ccc(Br)cc3F)c2C)ccn1.CC(=O)Nc1cc(-c2cnc(C)c(NS(=O)(=O)N3CC4CCC3C4)c2)ccn1.CC(=O)Nc1cc(-c2cncc(S(=O)(=O)NC(C)(C)C)c2)ccn1.COc1ncc(-c2ccnc(CC(C)=O)c2)c(C)c1S(=O)(=O)NC(C)(C)C.Cc1ncc(-c2ccnc(NC(=O)C3CC3(F)F)c2)cc1CS(=O)(=O)c1ccc(Cl)cc1F. The minimum absolute atomic E-state index is 0.00173. The van der Waals surface area contributed by atoms with Gasteiger partial charge in [-0.25, -0.2) is 85.6 Å². The van der Waals surface area contributed by atoms with Crippen LogP contribution in [0.5, 0.6) is 5.88 Å². The number of benzene rings is 2. The summed E-state index contributed by atoms with van der Waals surface area (Å²) >= 11 is 15.0. The van der Waals surface area contributed by atoms with Crippen LogP contribution in [0.4, 0.5) is 46.4 Å². The third kappa shape index (κ3) is 29.6. The summed E-state index contributed by atoms with van der Waals surface area (Å²) in [7, 11) is -18.1. The van der Waals surface area contributed by atoms with Crippen LogP contribution in [0.3, 0.4) is 0 Å². The molecular weight excluding hydrogens is 2050 g/mol. The molecular formula is C96H101BrCl2F4N18O16S5. The molecule has 3 atom stereocenters. The van der Waals surface area contributed by atoms with Crippen molar-refractivity contribution in [1.82, 2.24) is 63.6 Å². The monoisotopic (exact) mass is 2150 g/mol. The van der Waals surface area contributed by atoms with Gasteiger partial charge in [0.05, 0.1) is 29.9 Å². The molecule has 750 valence electrons. The normalized spacial score (nSPS) is 14.9. The number of ketones is 2. The predicted octanol–water partition coefficient (Wildman–Crippen LogP) is 17.2. The van der Waals surface area contributed by atoms with Crippen molar-refractivity contribution in [3.63, 3.8) is 0 Å². The predicted molar refractivity (Wildman–Crippen MR) is 535 cm³/mol. The molecule has 2 bridgehead atoms. The van der Waals surface area contributed by atoms with Crippen molar-refractivity contribution in [3.8, 4) is 61.5 Å². The van der Waals surface area contributed by atoms with E-state index in [4.69, 9.17) is 27.9 Å². The molecule has 1 saturated heterocycles. The van der Waals surface area contributed by atoms with Crippen LogP contribution in [0.1, 0.15) is 134 Å². The Morgan fingerprint density at radius 1 is 0.514 bits per heavy atom. The number of nitrogens with zero attached hydrogens (tertiary/aromatic N) is 11. The van der Waals surface area contributed by atoms with Gasteiger partial charge in [0, 0.05) is 179 Å². The highest BCUT2D eigenvalue weighted by atomic mass is 79.9. The number of carbonyl (C=O) groups is 5. The number of alkyl halides is 2. The van der Waals surface area contributed by atoms with Gasteiger partial charge in [-0.15, -0.1) is 0 Å². The molecule has 10 aromatic heterocycles. The average Bonchev–Trinajstić information content (AvgIpc) is 1.27. The number of carbonyl (C=O) groups excluding carboxylic acids is 5. The Kier molecular flexibility index (Phi) is 35.1. The van der Waals surface area contributed by atoms with Gasteiger partial charge >= 0.3 is 10.2 Å². The van der Waals surface area contributed by atoms with Gasteiger partial charge < -0.3 is 20.7 Å². The Hall–Kier alpha value is -12.5. The number of piperidine rings is 1. The fourth-order valence-corrected chi connectivity index (χ4v) is 23.2. The minimum atomic E-state index is -4.26. The Balaban J connectivity index is 0.000000170. The zero-order valence-corrected chi connectivity index (χ0v) is 86.5. The highest BCUT2D eigenvalue weighted by Gasteiger charge is 2.61. The van der Waals surface area contributed by atoms with Gasteiger partial charge in [0.2, 0.25) is 43.6 Å². The largest absolute Gasteiger partial charge is 0.480 e. The number of amides is 3. The number of ether oxygens (including phenoxy) is 1. The molecule has 142 heavy (non-hydrogen) atoms. The quantitative estimate of drug-likeness (QED) is 0.0186. The number of anilines is 5. The summed E-state index contributed by atoms with van der Waals surface area (Å²) < 4.78 is 200. The zero-order valence-electron chi connectivity index (χ0n) is 79.3. The van der Waals surface area contributed by atoms with Crippen LogP contribution in [0.15, 0.2) is 207 Å². The Bertz CT molecular complexity index is 7490. The van der Waals surface area contributed by atoms with Crippen LogP contribution >= 0.6 is 39.1 Å². The van der Waals surface area contributed by atoms with Crippen molar-refractivity contribution < 1.29 is 88.4 Å². The summed E-state index contributed by atoms with van der Waals surface area (Å²) in [5, 5.41) is 7.61. The first-order valence-electron chi connectivity index (χ1n) is 43.5.